The van der Waals surface area contributed by atoms with Gasteiger partial charge < -0.3 is 15.4 Å². The lowest BCUT2D eigenvalue weighted by Gasteiger charge is -2.42. The van der Waals surface area contributed by atoms with Crippen molar-refractivity contribution in [1.82, 2.24) is 15.5 Å². The maximum Gasteiger partial charge on any atom is 0.191 e. The Morgan fingerprint density at radius 3 is 2.62 bits per heavy atom. The number of hydrogen-bond acceptors (Lipinski definition) is 4. The zero-order valence-corrected chi connectivity index (χ0v) is 19.4. The summed E-state index contributed by atoms with van der Waals surface area (Å²) in [6.07, 6.45) is 11.1. The highest BCUT2D eigenvalue weighted by Gasteiger charge is 2.35. The van der Waals surface area contributed by atoms with Crippen molar-refractivity contribution >= 4 is 16.8 Å². The number of nitrogens with one attached hydrogen (secondary N) is 2. The molecule has 29 heavy (non-hydrogen) atoms. The monoisotopic (exact) mass is 426 g/mol. The predicted octanol–water partition coefficient (Wildman–Crippen LogP) is 2.51. The highest BCUT2D eigenvalue weighted by Crippen LogP contribution is 2.36. The number of ether oxygens (including phenoxy) is 1. The molecule has 1 saturated heterocycles. The first-order valence-electron chi connectivity index (χ1n) is 11.8. The van der Waals surface area contributed by atoms with Gasteiger partial charge in [-0.15, -0.1) is 0 Å². The van der Waals surface area contributed by atoms with Gasteiger partial charge in [-0.1, -0.05) is 32.6 Å². The molecule has 2 aliphatic carbocycles. The van der Waals surface area contributed by atoms with E-state index in [0.29, 0.717) is 16.7 Å². The van der Waals surface area contributed by atoms with E-state index in [2.05, 4.69) is 20.5 Å². The molecule has 3 atom stereocenters. The quantitative estimate of drug-likeness (QED) is 0.484. The molecule has 0 aromatic carbocycles. The van der Waals surface area contributed by atoms with Crippen LogP contribution in [0.5, 0.6) is 0 Å². The Hall–Kier alpha value is -0.660. The first-order valence-corrected chi connectivity index (χ1v) is 13.2. The number of morpholine rings is 1. The number of aliphatic imine (C=N–C) groups is 1. The van der Waals surface area contributed by atoms with Crippen LogP contribution in [0.25, 0.3) is 0 Å². The second kappa shape index (κ2) is 11.7. The minimum atomic E-state index is -0.686. The van der Waals surface area contributed by atoms with E-state index in [-0.39, 0.29) is 0 Å². The highest BCUT2D eigenvalue weighted by molar-refractivity contribution is 7.85. The van der Waals surface area contributed by atoms with Crippen LogP contribution in [0.2, 0.25) is 0 Å². The molecular formula is C22H42N4O2S. The summed E-state index contributed by atoms with van der Waals surface area (Å²) in [4.78, 5) is 7.12. The van der Waals surface area contributed by atoms with Crippen molar-refractivity contribution in [2.75, 3.05) is 52.2 Å². The summed E-state index contributed by atoms with van der Waals surface area (Å²) in [5, 5.41) is 7.67. The molecular weight excluding hydrogens is 384 g/mol. The first-order chi connectivity index (χ1) is 14.1. The molecule has 0 aromatic rings. The van der Waals surface area contributed by atoms with Gasteiger partial charge in [-0.25, -0.2) is 0 Å². The molecule has 6 nitrogen and oxygen atoms in total. The molecule has 1 heterocycles. The Balaban J connectivity index is 1.53. The molecule has 0 aromatic heterocycles. The molecule has 2 saturated carbocycles. The van der Waals surface area contributed by atoms with Crippen LogP contribution in [0.15, 0.2) is 4.99 Å². The van der Waals surface area contributed by atoms with E-state index in [1.807, 2.05) is 14.0 Å². The van der Waals surface area contributed by atoms with Crippen LogP contribution in [0.1, 0.15) is 64.7 Å². The van der Waals surface area contributed by atoms with Crippen molar-refractivity contribution in [1.29, 1.82) is 0 Å². The van der Waals surface area contributed by atoms with Crippen LogP contribution in [0.4, 0.5) is 0 Å². The van der Waals surface area contributed by atoms with Gasteiger partial charge in [0.05, 0.1) is 13.2 Å². The van der Waals surface area contributed by atoms with Crippen LogP contribution >= 0.6 is 0 Å². The number of nitrogens with zero attached hydrogens (tertiary/aromatic N) is 2. The molecule has 0 spiro atoms. The molecule has 0 bridgehead atoms. The van der Waals surface area contributed by atoms with E-state index in [0.717, 1.165) is 70.2 Å². The zero-order valence-electron chi connectivity index (χ0n) is 18.6. The van der Waals surface area contributed by atoms with Crippen molar-refractivity contribution < 1.29 is 8.95 Å². The van der Waals surface area contributed by atoms with E-state index in [1.165, 1.54) is 38.6 Å². The minimum absolute atomic E-state index is 0.339. The van der Waals surface area contributed by atoms with Crippen LogP contribution in [-0.2, 0) is 15.5 Å². The molecule has 3 unspecified atom stereocenters. The molecule has 3 fully saturated rings. The van der Waals surface area contributed by atoms with Gasteiger partial charge in [-0.05, 0) is 32.1 Å². The van der Waals surface area contributed by atoms with Crippen LogP contribution in [0.3, 0.4) is 0 Å². The third kappa shape index (κ3) is 6.93. The summed E-state index contributed by atoms with van der Waals surface area (Å²) in [5.74, 6) is 1.69. The third-order valence-corrected chi connectivity index (χ3v) is 8.80. The molecule has 3 rings (SSSR count). The maximum absolute atomic E-state index is 12.3. The molecule has 168 valence electrons. The Morgan fingerprint density at radius 1 is 1.17 bits per heavy atom. The van der Waals surface area contributed by atoms with Crippen LogP contribution in [-0.4, -0.2) is 78.6 Å². The topological polar surface area (TPSA) is 66.0 Å². The van der Waals surface area contributed by atoms with Crippen molar-refractivity contribution in [2.24, 2.45) is 10.4 Å². The fraction of sp³-hybridized carbons (Fsp3) is 0.955. The normalized spacial score (nSPS) is 29.9. The fourth-order valence-electron chi connectivity index (χ4n) is 5.34. The van der Waals surface area contributed by atoms with Gasteiger partial charge in [-0.2, -0.15) is 0 Å². The van der Waals surface area contributed by atoms with Gasteiger partial charge in [0.1, 0.15) is 0 Å². The average molecular weight is 427 g/mol. The largest absolute Gasteiger partial charge is 0.379 e. The highest BCUT2D eigenvalue weighted by atomic mass is 32.2. The van der Waals surface area contributed by atoms with Crippen molar-refractivity contribution in [3.63, 3.8) is 0 Å². The Labute approximate surface area is 180 Å². The molecule has 0 amide bonds. The lowest BCUT2D eigenvalue weighted by Crippen LogP contribution is -2.53. The fourth-order valence-corrected chi connectivity index (χ4v) is 6.68. The van der Waals surface area contributed by atoms with Gasteiger partial charge in [0.15, 0.2) is 5.96 Å². The van der Waals surface area contributed by atoms with E-state index in [1.54, 1.807) is 0 Å². The van der Waals surface area contributed by atoms with E-state index < -0.39 is 10.8 Å². The molecule has 0 radical (unpaired) electrons. The van der Waals surface area contributed by atoms with Gasteiger partial charge in [0, 0.05) is 66.5 Å². The lowest BCUT2D eigenvalue weighted by molar-refractivity contribution is 0.00819. The Kier molecular flexibility index (Phi) is 9.25. The standard InChI is InChI=1S/C22H42N4O2S/c1-3-29(27)20-9-7-8-19(16-20)25-21(23-2)24-17-22(10-5-4-6-11-22)18-26-12-14-28-15-13-26/h19-20H,3-18H2,1-2H3,(H2,23,24,25). The van der Waals surface area contributed by atoms with Gasteiger partial charge in [0.25, 0.3) is 0 Å². The van der Waals surface area contributed by atoms with E-state index in [9.17, 15) is 4.21 Å². The van der Waals surface area contributed by atoms with E-state index >= 15 is 0 Å². The first kappa shape index (κ1) is 23.0. The zero-order chi connectivity index (χ0) is 20.5. The summed E-state index contributed by atoms with van der Waals surface area (Å²) in [7, 11) is 1.18. The number of rotatable bonds is 7. The molecule has 2 N–H and O–H groups in total. The van der Waals surface area contributed by atoms with Gasteiger partial charge >= 0.3 is 0 Å². The molecule has 7 heteroatoms. The number of guanidine groups is 1. The summed E-state index contributed by atoms with van der Waals surface area (Å²) in [5.41, 5.74) is 0.339. The minimum Gasteiger partial charge on any atom is -0.379 e. The summed E-state index contributed by atoms with van der Waals surface area (Å²) in [6, 6.07) is 0.386. The van der Waals surface area contributed by atoms with Gasteiger partial charge in [0.2, 0.25) is 0 Å². The average Bonchev–Trinajstić information content (AvgIpc) is 2.77. The van der Waals surface area contributed by atoms with Crippen molar-refractivity contribution in [3.8, 4) is 0 Å². The third-order valence-electron chi connectivity index (χ3n) is 7.05. The SMILES string of the molecule is CCS(=O)C1CCCC(NC(=NC)NCC2(CN3CCOCC3)CCCCC2)C1. The summed E-state index contributed by atoms with van der Waals surface area (Å²) in [6.45, 7) is 8.05. The predicted molar refractivity (Wildman–Crippen MR) is 122 cm³/mol. The Morgan fingerprint density at radius 2 is 1.93 bits per heavy atom. The number of hydrogen-bond donors (Lipinski definition) is 2. The second-order valence-electron chi connectivity index (χ2n) is 9.17. The van der Waals surface area contributed by atoms with E-state index in [4.69, 9.17) is 4.74 Å². The molecule has 1 aliphatic heterocycles. The summed E-state index contributed by atoms with van der Waals surface area (Å²) >= 11 is 0. The van der Waals surface area contributed by atoms with Crippen molar-refractivity contribution in [2.45, 2.75) is 76.0 Å². The maximum atomic E-state index is 12.3. The van der Waals surface area contributed by atoms with Crippen LogP contribution < -0.4 is 10.6 Å². The van der Waals surface area contributed by atoms with Gasteiger partial charge in [-0.3, -0.25) is 14.1 Å². The Bertz CT molecular complexity index is 545. The second-order valence-corrected chi connectivity index (χ2v) is 11.2. The van der Waals surface area contributed by atoms with Crippen molar-refractivity contribution in [3.05, 3.63) is 0 Å². The van der Waals surface area contributed by atoms with Crippen LogP contribution in [0, 0.1) is 5.41 Å². The smallest absolute Gasteiger partial charge is 0.191 e. The molecule has 3 aliphatic rings. The summed E-state index contributed by atoms with van der Waals surface area (Å²) < 4.78 is 17.8. The lowest BCUT2D eigenvalue weighted by atomic mass is 9.73.